The summed E-state index contributed by atoms with van der Waals surface area (Å²) in [5, 5.41) is 17.7. The first-order valence-corrected chi connectivity index (χ1v) is 15.7. The Morgan fingerprint density at radius 3 is 2.81 bits per heavy atom. The van der Waals surface area contributed by atoms with Crippen molar-refractivity contribution in [2.45, 2.75) is 28.5 Å². The molecular formula is C24H21N3O5S5. The largest absolute Gasteiger partial charge is 0.477 e. The molecule has 1 fully saturated rings. The zero-order valence-electron chi connectivity index (χ0n) is 19.2. The molecule has 5 rings (SSSR count). The van der Waals surface area contributed by atoms with Gasteiger partial charge in [0.1, 0.15) is 17.1 Å². The third-order valence-corrected chi connectivity index (χ3v) is 11.3. The summed E-state index contributed by atoms with van der Waals surface area (Å²) in [7, 11) is 0. The van der Waals surface area contributed by atoms with Crippen LogP contribution in [0.4, 0.5) is 0 Å². The number of carbonyl (C=O) groups excluding carboxylic acids is 2. The Labute approximate surface area is 232 Å². The standard InChI is InChI=1S/C24H21N3O5S5/c25-6-3-14-19(29)20-15(5-9-34-20)37-24(14)35-8-4-12-11-36-22-17(21(30)27(22)18(12)23(31)32)26-16(28)10-13-2-1-7-33-13/h1-2,4-5,7-9,17,22H,3,6,10-11,25H2,(H,26,28)(H,31,32)/t17?,22-/m1/s1. The molecule has 2 aliphatic heterocycles. The van der Waals surface area contributed by atoms with E-state index in [0.717, 1.165) is 18.5 Å². The average molecular weight is 592 g/mol. The lowest BCUT2D eigenvalue weighted by Gasteiger charge is -2.49. The maximum atomic E-state index is 12.9. The van der Waals surface area contributed by atoms with Gasteiger partial charge in [0.2, 0.25) is 11.3 Å². The van der Waals surface area contributed by atoms with Crippen molar-refractivity contribution in [1.82, 2.24) is 10.2 Å². The zero-order valence-corrected chi connectivity index (χ0v) is 23.3. The molecule has 8 nitrogen and oxygen atoms in total. The number of amides is 2. The predicted molar refractivity (Wildman–Crippen MR) is 151 cm³/mol. The van der Waals surface area contributed by atoms with Gasteiger partial charge < -0.3 is 16.2 Å². The van der Waals surface area contributed by atoms with Crippen molar-refractivity contribution >= 4 is 84.7 Å². The van der Waals surface area contributed by atoms with E-state index < -0.39 is 23.3 Å². The summed E-state index contributed by atoms with van der Waals surface area (Å²) < 4.78 is 2.46. The van der Waals surface area contributed by atoms with Gasteiger partial charge in [-0.3, -0.25) is 19.3 Å². The third kappa shape index (κ3) is 5.16. The molecule has 2 aliphatic rings. The van der Waals surface area contributed by atoms with E-state index in [-0.39, 0.29) is 23.5 Å². The van der Waals surface area contributed by atoms with Crippen molar-refractivity contribution in [3.63, 3.8) is 0 Å². The zero-order chi connectivity index (χ0) is 26.1. The summed E-state index contributed by atoms with van der Waals surface area (Å²) in [6.45, 7) is 0.352. The van der Waals surface area contributed by atoms with Gasteiger partial charge in [0, 0.05) is 16.2 Å². The highest BCUT2D eigenvalue weighted by molar-refractivity contribution is 8.04. The van der Waals surface area contributed by atoms with Crippen LogP contribution in [0.15, 0.2) is 60.7 Å². The number of hydrogen-bond donors (Lipinski definition) is 3. The fourth-order valence-corrected chi connectivity index (χ4v) is 9.43. The molecule has 4 N–H and O–H groups in total. The fraction of sp³-hybridized carbons (Fsp3) is 0.250. The van der Waals surface area contributed by atoms with Gasteiger partial charge in [0.25, 0.3) is 5.91 Å². The Morgan fingerprint density at radius 1 is 1.24 bits per heavy atom. The first-order valence-electron chi connectivity index (χ1n) is 11.2. The number of thioether (sulfide) groups is 2. The molecule has 5 heterocycles. The molecule has 1 unspecified atom stereocenters. The highest BCUT2D eigenvalue weighted by Crippen LogP contribution is 2.41. The lowest BCUT2D eigenvalue weighted by Crippen LogP contribution is -2.70. The van der Waals surface area contributed by atoms with Crippen molar-refractivity contribution < 1.29 is 19.5 Å². The van der Waals surface area contributed by atoms with Gasteiger partial charge in [-0.25, -0.2) is 4.79 Å². The minimum atomic E-state index is -1.19. The van der Waals surface area contributed by atoms with Crippen LogP contribution in [-0.2, 0) is 27.2 Å². The van der Waals surface area contributed by atoms with Crippen LogP contribution in [-0.4, -0.2) is 51.5 Å². The molecule has 2 amide bonds. The second-order valence-electron chi connectivity index (χ2n) is 8.16. The van der Waals surface area contributed by atoms with Crippen LogP contribution in [0.5, 0.6) is 0 Å². The summed E-state index contributed by atoms with van der Waals surface area (Å²) in [5.74, 6) is -1.52. The minimum Gasteiger partial charge on any atom is -0.477 e. The smallest absolute Gasteiger partial charge is 0.352 e. The number of hydrogen-bond acceptors (Lipinski definition) is 10. The normalized spacial score (nSPS) is 19.4. The Kier molecular flexibility index (Phi) is 7.88. The molecule has 192 valence electrons. The number of aliphatic carboxylic acids is 1. The molecule has 0 saturated carbocycles. The number of nitrogens with one attached hydrogen (secondary N) is 1. The number of carbonyl (C=O) groups is 3. The minimum absolute atomic E-state index is 0.00931. The molecule has 0 aromatic carbocycles. The van der Waals surface area contributed by atoms with Crippen LogP contribution in [0.3, 0.4) is 0 Å². The fourth-order valence-electron chi connectivity index (χ4n) is 4.13. The van der Waals surface area contributed by atoms with Gasteiger partial charge in [0.05, 0.1) is 20.0 Å². The summed E-state index contributed by atoms with van der Waals surface area (Å²) in [4.78, 5) is 52.4. The van der Waals surface area contributed by atoms with E-state index in [1.807, 2.05) is 29.0 Å². The number of nitrogens with two attached hydrogens (primary N) is 1. The monoisotopic (exact) mass is 591 g/mol. The van der Waals surface area contributed by atoms with E-state index in [2.05, 4.69) is 5.32 Å². The quantitative estimate of drug-likeness (QED) is 0.255. The first-order chi connectivity index (χ1) is 17.9. The Morgan fingerprint density at radius 2 is 2.08 bits per heavy atom. The Hall–Kier alpha value is -2.42. The van der Waals surface area contributed by atoms with Gasteiger partial charge in [-0.15, -0.1) is 45.8 Å². The van der Waals surface area contributed by atoms with Gasteiger partial charge in [0.15, 0.2) is 0 Å². The lowest BCUT2D eigenvalue weighted by molar-refractivity contribution is -0.150. The summed E-state index contributed by atoms with van der Waals surface area (Å²) in [5.41, 5.74) is 6.83. The number of thiophene rings is 2. The van der Waals surface area contributed by atoms with Crippen LogP contribution >= 0.6 is 57.5 Å². The number of carboxylic acid groups (broad SMARTS) is 1. The van der Waals surface area contributed by atoms with Crippen molar-refractivity contribution in [3.05, 3.63) is 72.4 Å². The molecule has 1 saturated heterocycles. The molecule has 3 aromatic heterocycles. The van der Waals surface area contributed by atoms with Gasteiger partial charge >= 0.3 is 5.97 Å². The van der Waals surface area contributed by atoms with Crippen LogP contribution in [0, 0.1) is 0 Å². The highest BCUT2D eigenvalue weighted by Gasteiger charge is 2.53. The van der Waals surface area contributed by atoms with Crippen molar-refractivity contribution in [2.75, 3.05) is 12.3 Å². The lowest BCUT2D eigenvalue weighted by atomic mass is 10.0. The molecule has 0 spiro atoms. The van der Waals surface area contributed by atoms with E-state index >= 15 is 0 Å². The second-order valence-corrected chi connectivity index (χ2v) is 13.4. The summed E-state index contributed by atoms with van der Waals surface area (Å²) >= 11 is 7.16. The highest BCUT2D eigenvalue weighted by atomic mass is 32.2. The molecule has 0 aliphatic carbocycles. The SMILES string of the molecule is NCCc1c(SC=CC2=C(C(=O)O)N3C(=O)C(NC(=O)Cc4cccs4)[C@H]3SC2)sc2ccsc2c1=O. The Balaban J connectivity index is 1.33. The molecule has 2 atom stereocenters. The number of fused-ring (bicyclic) bond motifs is 2. The summed E-state index contributed by atoms with van der Waals surface area (Å²) in [6.07, 6.45) is 2.33. The maximum Gasteiger partial charge on any atom is 0.352 e. The van der Waals surface area contributed by atoms with Gasteiger partial charge in [-0.2, -0.15) is 0 Å². The number of β-lactam (4-membered cyclic amide) rings is 1. The topological polar surface area (TPSA) is 130 Å². The van der Waals surface area contributed by atoms with Crippen LogP contribution in [0.25, 0.3) is 9.40 Å². The van der Waals surface area contributed by atoms with Crippen molar-refractivity contribution in [2.24, 2.45) is 5.73 Å². The number of rotatable bonds is 9. The second kappa shape index (κ2) is 11.1. The van der Waals surface area contributed by atoms with E-state index in [9.17, 15) is 24.3 Å². The van der Waals surface area contributed by atoms with E-state index in [0.29, 0.717) is 29.9 Å². The van der Waals surface area contributed by atoms with Crippen LogP contribution in [0.1, 0.15) is 10.4 Å². The van der Waals surface area contributed by atoms with E-state index in [1.54, 1.807) is 11.5 Å². The molecule has 13 heteroatoms. The molecule has 3 aromatic rings. The van der Waals surface area contributed by atoms with Gasteiger partial charge in [-0.1, -0.05) is 17.8 Å². The molecule has 0 bridgehead atoms. The first kappa shape index (κ1) is 26.2. The summed E-state index contributed by atoms with van der Waals surface area (Å²) in [6, 6.07) is 4.88. The number of carboxylic acids is 1. The Bertz CT molecular complexity index is 1490. The predicted octanol–water partition coefficient (Wildman–Crippen LogP) is 3.47. The molecular weight excluding hydrogens is 571 g/mol. The average Bonchev–Trinajstić information content (AvgIpc) is 3.56. The van der Waals surface area contributed by atoms with Crippen molar-refractivity contribution in [1.29, 1.82) is 0 Å². The van der Waals surface area contributed by atoms with Crippen molar-refractivity contribution in [3.8, 4) is 0 Å². The molecule has 37 heavy (non-hydrogen) atoms. The van der Waals surface area contributed by atoms with Gasteiger partial charge in [-0.05, 0) is 52.9 Å². The van der Waals surface area contributed by atoms with Crippen LogP contribution < -0.4 is 16.5 Å². The van der Waals surface area contributed by atoms with E-state index in [1.165, 1.54) is 62.4 Å². The van der Waals surface area contributed by atoms with E-state index in [4.69, 9.17) is 5.73 Å². The van der Waals surface area contributed by atoms with Crippen LogP contribution in [0.2, 0.25) is 0 Å². The third-order valence-electron chi connectivity index (χ3n) is 5.83. The maximum absolute atomic E-state index is 12.9. The molecule has 0 radical (unpaired) electrons. The number of nitrogens with zero attached hydrogens (tertiary/aromatic N) is 1. The number of allylic oxidation sites excluding steroid dienone is 1.